The third kappa shape index (κ3) is 5.72. The Morgan fingerprint density at radius 1 is 0.491 bits per heavy atom. The van der Waals surface area contributed by atoms with Crippen LogP contribution in [0.2, 0.25) is 0 Å². The quantitative estimate of drug-likeness (QED) is 0.111. The molecule has 57 heavy (non-hydrogen) atoms. The van der Waals surface area contributed by atoms with Crippen molar-refractivity contribution in [3.05, 3.63) is 180 Å². The summed E-state index contributed by atoms with van der Waals surface area (Å²) in [6.07, 6.45) is 1.02. The molecule has 4 heteroatoms. The summed E-state index contributed by atoms with van der Waals surface area (Å²) in [6, 6.07) is 60.5. The Morgan fingerprint density at radius 2 is 1.18 bits per heavy atom. The van der Waals surface area contributed by atoms with Gasteiger partial charge in [0.15, 0.2) is 0 Å². The van der Waals surface area contributed by atoms with Crippen LogP contribution in [0.15, 0.2) is 146 Å². The Bertz CT molecular complexity index is 3070. The maximum atomic E-state index is 3.57. The minimum atomic E-state index is 0. The Morgan fingerprint density at radius 3 is 1.88 bits per heavy atom. The molecule has 0 saturated heterocycles. The average molecular weight is 975 g/mol. The first-order valence-corrected chi connectivity index (χ1v) is 20.6. The van der Waals surface area contributed by atoms with Gasteiger partial charge in [-0.3, -0.25) is 0 Å². The Hall–Kier alpha value is -5.11. The summed E-state index contributed by atoms with van der Waals surface area (Å²) in [6.45, 7) is 9.41. The third-order valence-corrected chi connectivity index (χ3v) is 13.0. The van der Waals surface area contributed by atoms with Crippen LogP contribution in [-0.4, -0.2) is 0 Å². The summed E-state index contributed by atoms with van der Waals surface area (Å²) in [4.78, 5) is 4.90. The van der Waals surface area contributed by atoms with E-state index in [1.54, 1.807) is 0 Å². The largest absolute Gasteiger partial charge is 2.00 e. The molecule has 0 atom stereocenters. The first-order chi connectivity index (χ1) is 27.5. The van der Waals surface area contributed by atoms with Crippen LogP contribution in [0.1, 0.15) is 61.8 Å². The van der Waals surface area contributed by atoms with Crippen LogP contribution >= 0.6 is 11.3 Å². The van der Waals surface area contributed by atoms with E-state index in [4.69, 9.17) is 0 Å². The molecule has 9 aromatic carbocycles. The van der Waals surface area contributed by atoms with Crippen LogP contribution in [0, 0.1) is 43.2 Å². The van der Waals surface area contributed by atoms with E-state index >= 15 is 0 Å². The molecule has 0 fully saturated rings. The molecule has 0 bridgehead atoms. The zero-order valence-electron chi connectivity index (χ0n) is 32.5. The van der Waals surface area contributed by atoms with E-state index in [2.05, 4.69) is 171 Å². The van der Waals surface area contributed by atoms with Gasteiger partial charge in [0.2, 0.25) is 0 Å². The van der Waals surface area contributed by atoms with E-state index in [9.17, 15) is 0 Å². The van der Waals surface area contributed by atoms with E-state index in [0.29, 0.717) is 11.8 Å². The van der Waals surface area contributed by atoms with Crippen molar-refractivity contribution in [2.45, 2.75) is 46.0 Å². The molecule has 0 spiro atoms. The van der Waals surface area contributed by atoms with E-state index in [1.165, 1.54) is 86.1 Å². The van der Waals surface area contributed by atoms with Crippen molar-refractivity contribution in [2.75, 3.05) is 9.80 Å². The van der Waals surface area contributed by atoms with E-state index < -0.39 is 0 Å². The zero-order valence-corrected chi connectivity index (χ0v) is 37.5. The minimum Gasteiger partial charge on any atom is -0.358 e. The zero-order chi connectivity index (χ0) is 37.7. The predicted octanol–water partition coefficient (Wildman–Crippen LogP) is 15.6. The van der Waals surface area contributed by atoms with Crippen LogP contribution in [0.25, 0.3) is 52.5 Å². The van der Waals surface area contributed by atoms with Crippen LogP contribution in [-0.2, 0) is 6.42 Å². The van der Waals surface area contributed by atoms with Crippen LogP contribution in [0.5, 0.6) is 0 Å². The fourth-order valence-corrected chi connectivity index (χ4v) is 10.5. The normalized spacial score (nSPS) is 12.3. The molecule has 1 aromatic heterocycles. The molecule has 0 N–H and O–H groups in total. The van der Waals surface area contributed by atoms with Gasteiger partial charge >= 0.3 is 31.1 Å². The molecule has 1 aliphatic carbocycles. The second kappa shape index (κ2) is 14.1. The first-order valence-electron chi connectivity index (χ1n) is 19.8. The molecule has 10 aromatic rings. The third-order valence-electron chi connectivity index (χ3n) is 11.8. The summed E-state index contributed by atoms with van der Waals surface area (Å²) in [5.74, 6) is 0.705. The van der Waals surface area contributed by atoms with Crippen molar-refractivity contribution < 1.29 is 31.1 Å². The van der Waals surface area contributed by atoms with Crippen molar-refractivity contribution in [1.29, 1.82) is 0 Å². The summed E-state index contributed by atoms with van der Waals surface area (Å²) in [5, 5.41) is 10.7. The number of anilines is 6. The number of benzene rings is 9. The number of hydrogen-bond donors (Lipinski definition) is 0. The van der Waals surface area contributed by atoms with Gasteiger partial charge in [0.05, 0.1) is 11.4 Å². The Balaban J connectivity index is 0.00000396. The number of thiophene rings is 1. The Labute approximate surface area is 362 Å². The maximum Gasteiger partial charge on any atom is 2.00 e. The summed E-state index contributed by atoms with van der Waals surface area (Å²) in [7, 11) is 0. The molecular weight excluding hydrogens is 935 g/mol. The smallest absolute Gasteiger partial charge is 0.358 e. The first kappa shape index (κ1) is 36.2. The molecule has 0 amide bonds. The van der Waals surface area contributed by atoms with Crippen LogP contribution in [0.4, 0.5) is 34.1 Å². The van der Waals surface area contributed by atoms with E-state index in [-0.39, 0.29) is 31.1 Å². The van der Waals surface area contributed by atoms with Gasteiger partial charge in [-0.15, -0.1) is 23.5 Å². The average Bonchev–Trinajstić information content (AvgIpc) is 3.93. The molecule has 11 rings (SSSR count). The maximum absolute atomic E-state index is 3.57. The standard InChI is InChI=1S/C53H40N2S.U/c1-32(2)38-25-26-40-46(54(34-16-8-5-9-17-34)35-18-10-6-11-19-35)31-45-50(33(3)4)42-29-43(42)52-47(30-44(38)51(40)53(45)52)55(36-20-12-7-13-21-36)37-24-27-49-41(28-37)39-22-14-15-23-48(39)56-49;/h5-16,18,20-28,30-33H,29H2,1-4H3;/q-2;+2. The van der Waals surface area contributed by atoms with Gasteiger partial charge in [-0.05, 0) is 105 Å². The number of fused-ring (bicyclic) bond motifs is 5. The van der Waals surface area contributed by atoms with E-state index in [1.807, 2.05) is 35.6 Å². The van der Waals surface area contributed by atoms with Gasteiger partial charge < -0.3 is 9.80 Å². The predicted molar refractivity (Wildman–Crippen MR) is 241 cm³/mol. The topological polar surface area (TPSA) is 6.48 Å². The summed E-state index contributed by atoms with van der Waals surface area (Å²) >= 11 is 1.88. The van der Waals surface area contributed by atoms with Crippen molar-refractivity contribution in [1.82, 2.24) is 0 Å². The minimum absolute atomic E-state index is 0. The van der Waals surface area contributed by atoms with Gasteiger partial charge in [0, 0.05) is 47.7 Å². The van der Waals surface area contributed by atoms with Crippen LogP contribution in [0.3, 0.4) is 0 Å². The SMILES string of the molecule is CC(C)c1ccc2c(N(c3[c-]cccc3)c3[c-]cccc3)cc3c(C(C)C)c4c(c5c(N(c6ccccc6)c6ccc7sc8ccccc8c7c6)cc1c2c35)C4.[U+2]. The van der Waals surface area contributed by atoms with E-state index in [0.717, 1.165) is 29.2 Å². The fraction of sp³-hybridized carbons (Fsp3) is 0.132. The number of para-hydroxylation sites is 3. The molecule has 0 aliphatic heterocycles. The summed E-state index contributed by atoms with van der Waals surface area (Å²) < 4.78 is 2.64. The fourth-order valence-electron chi connectivity index (χ4n) is 9.42. The molecule has 272 valence electrons. The van der Waals surface area contributed by atoms with Gasteiger partial charge in [-0.25, -0.2) is 0 Å². The summed E-state index contributed by atoms with van der Waals surface area (Å²) in [5.41, 5.74) is 12.6. The molecule has 2 nitrogen and oxygen atoms in total. The van der Waals surface area contributed by atoms with Gasteiger partial charge in [0.1, 0.15) is 0 Å². The molecule has 0 saturated carbocycles. The molecule has 0 radical (unpaired) electrons. The molecule has 1 heterocycles. The number of nitrogens with zero attached hydrogens (tertiary/aromatic N) is 2. The van der Waals surface area contributed by atoms with Crippen molar-refractivity contribution >= 4 is 98.0 Å². The van der Waals surface area contributed by atoms with Gasteiger partial charge in [0.25, 0.3) is 0 Å². The van der Waals surface area contributed by atoms with Crippen molar-refractivity contribution in [2.24, 2.45) is 0 Å². The van der Waals surface area contributed by atoms with Gasteiger partial charge in [-0.1, -0.05) is 87.6 Å². The van der Waals surface area contributed by atoms with Crippen molar-refractivity contribution in [3.8, 4) is 0 Å². The number of hydrogen-bond acceptors (Lipinski definition) is 3. The van der Waals surface area contributed by atoms with Crippen molar-refractivity contribution in [3.63, 3.8) is 0 Å². The molecule has 1 aliphatic rings. The molecular formula is C53H40N2SU. The van der Waals surface area contributed by atoms with Crippen LogP contribution < -0.4 is 9.80 Å². The number of rotatable bonds is 8. The Kier molecular flexibility index (Phi) is 8.95. The van der Waals surface area contributed by atoms with Gasteiger partial charge in [-0.2, -0.15) is 48.5 Å². The molecule has 0 unspecified atom stereocenters. The monoisotopic (exact) mass is 974 g/mol. The second-order valence-corrected chi connectivity index (χ2v) is 16.9. The second-order valence-electron chi connectivity index (χ2n) is 15.9.